The fraction of sp³-hybridized carbons (Fsp3) is 0.360. The highest BCUT2D eigenvalue weighted by molar-refractivity contribution is 6.28. The second-order valence-electron chi connectivity index (χ2n) is 9.18. The molecule has 2 aliphatic rings. The third-order valence-corrected chi connectivity index (χ3v) is 6.71. The maximum atomic E-state index is 13.3. The van der Waals surface area contributed by atoms with E-state index in [9.17, 15) is 18.0 Å². The number of nitrogen functional groups attached to an aromatic ring is 1. The average Bonchev–Trinajstić information content (AvgIpc) is 3.32. The van der Waals surface area contributed by atoms with E-state index in [1.54, 1.807) is 24.1 Å². The van der Waals surface area contributed by atoms with Gasteiger partial charge >= 0.3 is 6.18 Å². The van der Waals surface area contributed by atoms with Crippen molar-refractivity contribution in [3.63, 3.8) is 0 Å². The van der Waals surface area contributed by atoms with Crippen molar-refractivity contribution < 1.29 is 22.7 Å². The molecule has 5 rings (SSSR count). The van der Waals surface area contributed by atoms with Gasteiger partial charge in [-0.1, -0.05) is 0 Å². The number of anilines is 3. The number of hydrogen-bond acceptors (Lipinski definition) is 8. The van der Waals surface area contributed by atoms with Crippen LogP contribution in [-0.4, -0.2) is 52.1 Å². The van der Waals surface area contributed by atoms with Gasteiger partial charge in [0.1, 0.15) is 11.5 Å². The lowest BCUT2D eigenvalue weighted by molar-refractivity contribution is -0.137. The smallest absolute Gasteiger partial charge is 0.399 e. The van der Waals surface area contributed by atoms with Gasteiger partial charge in [-0.2, -0.15) is 13.2 Å². The Kier molecular flexibility index (Phi) is 7.01. The van der Waals surface area contributed by atoms with Crippen LogP contribution in [0.25, 0.3) is 0 Å². The van der Waals surface area contributed by atoms with Crippen LogP contribution in [0.15, 0.2) is 36.5 Å². The van der Waals surface area contributed by atoms with Crippen molar-refractivity contribution in [3.8, 4) is 0 Å². The van der Waals surface area contributed by atoms with E-state index in [0.29, 0.717) is 35.9 Å². The molecule has 2 aromatic heterocycles. The number of hydrogen-bond donors (Lipinski definition) is 2. The highest BCUT2D eigenvalue weighted by Gasteiger charge is 2.33. The van der Waals surface area contributed by atoms with Gasteiger partial charge in [-0.3, -0.25) is 4.79 Å². The molecule has 0 aliphatic carbocycles. The Morgan fingerprint density at radius 2 is 1.92 bits per heavy atom. The molecule has 0 bridgehead atoms. The monoisotopic (exact) mass is 547 g/mol. The topological polar surface area (TPSA) is 110 Å². The van der Waals surface area contributed by atoms with Gasteiger partial charge in [0.25, 0.3) is 5.91 Å². The Labute approximate surface area is 221 Å². The van der Waals surface area contributed by atoms with Crippen LogP contribution < -0.4 is 16.0 Å². The molecule has 3 aromatic rings. The van der Waals surface area contributed by atoms with Crippen LogP contribution in [-0.2, 0) is 24.0 Å². The molecule has 0 radical (unpaired) electrons. The summed E-state index contributed by atoms with van der Waals surface area (Å²) in [7, 11) is 0. The van der Waals surface area contributed by atoms with Crippen molar-refractivity contribution in [2.45, 2.75) is 32.2 Å². The first-order valence-electron chi connectivity index (χ1n) is 12.0. The zero-order chi connectivity index (χ0) is 27.0. The van der Waals surface area contributed by atoms with Crippen molar-refractivity contribution in [1.29, 1.82) is 0 Å². The minimum Gasteiger partial charge on any atom is -0.399 e. The largest absolute Gasteiger partial charge is 0.416 e. The molecule has 0 unspecified atom stereocenters. The van der Waals surface area contributed by atoms with Crippen molar-refractivity contribution in [2.24, 2.45) is 0 Å². The number of ether oxygens (including phenoxy) is 1. The van der Waals surface area contributed by atoms with E-state index in [1.807, 2.05) is 6.07 Å². The summed E-state index contributed by atoms with van der Waals surface area (Å²) in [6.45, 7) is 4.89. The number of halogens is 4. The first-order chi connectivity index (χ1) is 18.1. The summed E-state index contributed by atoms with van der Waals surface area (Å²) < 4.78 is 45.2. The van der Waals surface area contributed by atoms with Crippen molar-refractivity contribution in [2.75, 3.05) is 42.3 Å². The number of nitrogens with two attached hydrogens (primary N) is 1. The van der Waals surface area contributed by atoms with Crippen molar-refractivity contribution >= 4 is 34.7 Å². The lowest BCUT2D eigenvalue weighted by atomic mass is 10.0. The van der Waals surface area contributed by atoms with Crippen LogP contribution in [0, 0.1) is 0 Å². The summed E-state index contributed by atoms with van der Waals surface area (Å²) in [5.74, 6) is 0.0618. The molecule has 1 aromatic carbocycles. The predicted octanol–water partition coefficient (Wildman–Crippen LogP) is 4.29. The maximum Gasteiger partial charge on any atom is 0.416 e. The van der Waals surface area contributed by atoms with E-state index < -0.39 is 17.8 Å². The molecule has 13 heteroatoms. The summed E-state index contributed by atoms with van der Waals surface area (Å²) in [6, 6.07) is 6.36. The Hall–Kier alpha value is -3.64. The van der Waals surface area contributed by atoms with Gasteiger partial charge in [-0.15, -0.1) is 0 Å². The number of carbonyl (C=O) groups excluding carboxylic acids is 1. The van der Waals surface area contributed by atoms with Crippen LogP contribution >= 0.6 is 11.6 Å². The quantitative estimate of drug-likeness (QED) is 0.360. The van der Waals surface area contributed by atoms with E-state index in [1.165, 1.54) is 6.07 Å². The van der Waals surface area contributed by atoms with E-state index in [2.05, 4.69) is 25.2 Å². The van der Waals surface area contributed by atoms with E-state index in [0.717, 1.165) is 30.9 Å². The number of rotatable bonds is 5. The molecule has 1 atom stereocenters. The number of pyridine rings is 1. The standard InChI is InChI=1S/C25H25ClF3N7O2/c1-14(15-8-16(25(27,28)29)10-17(30)9-15)32-22-19-12-36(13-21(19)33-24(26)34-22)23(37)20-3-2-18(11-31-20)35-4-6-38-7-5-35/h2-3,8-11,14H,4-7,12-13,30H2,1H3,(H,32,33,34)/t14-/m1/s1. The zero-order valence-electron chi connectivity index (χ0n) is 20.4. The molecule has 0 spiro atoms. The average molecular weight is 548 g/mol. The number of aromatic nitrogens is 3. The van der Waals surface area contributed by atoms with Gasteiger partial charge < -0.3 is 25.6 Å². The molecule has 9 nitrogen and oxygen atoms in total. The molecule has 200 valence electrons. The van der Waals surface area contributed by atoms with Crippen molar-refractivity contribution in [3.05, 3.63) is 69.9 Å². The van der Waals surface area contributed by atoms with Gasteiger partial charge in [-0.25, -0.2) is 15.0 Å². The van der Waals surface area contributed by atoms with E-state index in [-0.39, 0.29) is 35.7 Å². The lowest BCUT2D eigenvalue weighted by Gasteiger charge is -2.28. The molecule has 1 saturated heterocycles. The molecule has 1 fully saturated rings. The predicted molar refractivity (Wildman–Crippen MR) is 136 cm³/mol. The lowest BCUT2D eigenvalue weighted by Crippen LogP contribution is -2.36. The summed E-state index contributed by atoms with van der Waals surface area (Å²) in [5, 5.41) is 3.08. The van der Waals surface area contributed by atoms with Gasteiger partial charge in [0.2, 0.25) is 5.28 Å². The number of fused-ring (bicyclic) bond motifs is 1. The van der Waals surface area contributed by atoms with E-state index in [4.69, 9.17) is 22.1 Å². The Balaban J connectivity index is 1.33. The van der Waals surface area contributed by atoms with Crippen molar-refractivity contribution in [1.82, 2.24) is 19.9 Å². The number of alkyl halides is 3. The highest BCUT2D eigenvalue weighted by Crippen LogP contribution is 2.35. The zero-order valence-corrected chi connectivity index (χ0v) is 21.2. The molecular weight excluding hydrogens is 523 g/mol. The molecule has 1 amide bonds. The minimum absolute atomic E-state index is 0.00154. The van der Waals surface area contributed by atoms with Crippen LogP contribution in [0.2, 0.25) is 5.28 Å². The molecule has 38 heavy (non-hydrogen) atoms. The molecule has 4 heterocycles. The van der Waals surface area contributed by atoms with Gasteiger partial charge in [-0.05, 0) is 54.4 Å². The fourth-order valence-corrected chi connectivity index (χ4v) is 4.74. The number of benzene rings is 1. The Bertz CT molecular complexity index is 1350. The SMILES string of the molecule is C[C@@H](Nc1nc(Cl)nc2c1CN(C(=O)c1ccc(N3CCOCC3)cn1)C2)c1cc(N)cc(C(F)(F)F)c1. The Morgan fingerprint density at radius 1 is 1.16 bits per heavy atom. The third kappa shape index (κ3) is 5.46. The number of morpholine rings is 1. The second-order valence-corrected chi connectivity index (χ2v) is 9.52. The van der Waals surface area contributed by atoms with Gasteiger partial charge in [0.05, 0.1) is 55.5 Å². The highest BCUT2D eigenvalue weighted by atomic mass is 35.5. The number of carbonyl (C=O) groups is 1. The van der Waals surface area contributed by atoms with Crippen LogP contribution in [0.4, 0.5) is 30.4 Å². The Morgan fingerprint density at radius 3 is 2.61 bits per heavy atom. The summed E-state index contributed by atoms with van der Waals surface area (Å²) in [5.41, 5.74) is 7.62. The molecule has 2 aliphatic heterocycles. The second kappa shape index (κ2) is 10.3. The van der Waals surface area contributed by atoms with Gasteiger partial charge in [0, 0.05) is 24.3 Å². The molecule has 3 N–H and O–H groups in total. The molecular formula is C25H25ClF3N7O2. The first kappa shape index (κ1) is 26.0. The maximum absolute atomic E-state index is 13.3. The summed E-state index contributed by atoms with van der Waals surface area (Å²) in [4.78, 5) is 29.8. The summed E-state index contributed by atoms with van der Waals surface area (Å²) >= 11 is 6.14. The number of nitrogens with one attached hydrogen (secondary N) is 1. The van der Waals surface area contributed by atoms with Crippen LogP contribution in [0.3, 0.4) is 0 Å². The van der Waals surface area contributed by atoms with Gasteiger partial charge in [0.15, 0.2) is 0 Å². The van der Waals surface area contributed by atoms with E-state index >= 15 is 0 Å². The fourth-order valence-electron chi connectivity index (χ4n) is 4.55. The van der Waals surface area contributed by atoms with Crippen LogP contribution in [0.1, 0.15) is 45.8 Å². The first-order valence-corrected chi connectivity index (χ1v) is 12.3. The summed E-state index contributed by atoms with van der Waals surface area (Å²) in [6.07, 6.45) is -2.85. The van der Waals surface area contributed by atoms with Crippen LogP contribution in [0.5, 0.6) is 0 Å². The number of amides is 1. The third-order valence-electron chi connectivity index (χ3n) is 6.54. The number of nitrogens with zero attached hydrogens (tertiary/aromatic N) is 5. The normalized spacial score (nSPS) is 16.3. The minimum atomic E-state index is -4.53. The molecule has 0 saturated carbocycles.